The first-order valence-electron chi connectivity index (χ1n) is 6.90. The highest BCUT2D eigenvalue weighted by Crippen LogP contribution is 2.23. The van der Waals surface area contributed by atoms with Gasteiger partial charge in [-0.05, 0) is 25.8 Å². The maximum atomic E-state index is 12.3. The number of likely N-dealkylation sites (tertiary alicyclic amines) is 1. The van der Waals surface area contributed by atoms with E-state index in [0.29, 0.717) is 5.91 Å². The minimum absolute atomic E-state index is 0.174. The molecule has 4 nitrogen and oxygen atoms in total. The van der Waals surface area contributed by atoms with Crippen LogP contribution in [0, 0.1) is 11.8 Å². The predicted octanol–water partition coefficient (Wildman–Crippen LogP) is 0.605. The van der Waals surface area contributed by atoms with Crippen LogP contribution in [-0.2, 0) is 4.79 Å². The summed E-state index contributed by atoms with van der Waals surface area (Å²) in [5.74, 6) is 0.752. The van der Waals surface area contributed by atoms with Crippen molar-refractivity contribution in [2.45, 2.75) is 38.7 Å². The van der Waals surface area contributed by atoms with E-state index in [1.807, 2.05) is 4.90 Å². The maximum Gasteiger partial charge on any atom is 0.227 e. The van der Waals surface area contributed by atoms with Crippen molar-refractivity contribution >= 4 is 5.91 Å². The lowest BCUT2D eigenvalue weighted by Gasteiger charge is -2.37. The summed E-state index contributed by atoms with van der Waals surface area (Å²) in [4.78, 5) is 14.2. The topological polar surface area (TPSA) is 52.6 Å². The number of nitrogens with zero attached hydrogens (tertiary/aromatic N) is 1. The van der Waals surface area contributed by atoms with E-state index in [2.05, 4.69) is 12.2 Å². The Bertz CT molecular complexity index is 264. The molecule has 4 heteroatoms. The van der Waals surface area contributed by atoms with Gasteiger partial charge >= 0.3 is 0 Å². The molecule has 0 radical (unpaired) electrons. The van der Waals surface area contributed by atoms with Crippen LogP contribution in [0.4, 0.5) is 0 Å². The molecule has 0 saturated carbocycles. The van der Waals surface area contributed by atoms with E-state index in [1.165, 1.54) is 0 Å². The Kier molecular flexibility index (Phi) is 4.40. The fourth-order valence-corrected chi connectivity index (χ4v) is 3.00. The minimum atomic E-state index is -0.208. The number of piperidine rings is 1. The van der Waals surface area contributed by atoms with Crippen LogP contribution >= 0.6 is 0 Å². The molecule has 2 heterocycles. The zero-order chi connectivity index (χ0) is 12.3. The van der Waals surface area contributed by atoms with Gasteiger partial charge in [0.25, 0.3) is 0 Å². The zero-order valence-corrected chi connectivity index (χ0v) is 10.7. The Morgan fingerprint density at radius 2 is 2.29 bits per heavy atom. The summed E-state index contributed by atoms with van der Waals surface area (Å²) >= 11 is 0. The van der Waals surface area contributed by atoms with Crippen LogP contribution in [0.1, 0.15) is 32.6 Å². The summed E-state index contributed by atoms with van der Waals surface area (Å²) in [5.41, 5.74) is 0. The van der Waals surface area contributed by atoms with Crippen LogP contribution in [0.15, 0.2) is 0 Å². The molecule has 0 spiro atoms. The SMILES string of the molecule is CCC[C@@H]1CN(C(=O)[C@@H]2CCNC2)CC[C@H]1O. The Labute approximate surface area is 103 Å². The summed E-state index contributed by atoms with van der Waals surface area (Å²) in [6, 6.07) is 0. The first-order chi connectivity index (χ1) is 8.22. The largest absolute Gasteiger partial charge is 0.393 e. The molecule has 0 aromatic rings. The van der Waals surface area contributed by atoms with Crippen LogP contribution in [-0.4, -0.2) is 48.2 Å². The van der Waals surface area contributed by atoms with E-state index in [9.17, 15) is 9.90 Å². The molecule has 0 aromatic carbocycles. The van der Waals surface area contributed by atoms with Crippen molar-refractivity contribution in [3.05, 3.63) is 0 Å². The van der Waals surface area contributed by atoms with Crippen LogP contribution < -0.4 is 5.32 Å². The summed E-state index contributed by atoms with van der Waals surface area (Å²) < 4.78 is 0. The highest BCUT2D eigenvalue weighted by molar-refractivity contribution is 5.79. The van der Waals surface area contributed by atoms with Crippen molar-refractivity contribution in [1.82, 2.24) is 10.2 Å². The van der Waals surface area contributed by atoms with Gasteiger partial charge < -0.3 is 15.3 Å². The molecule has 2 aliphatic heterocycles. The molecule has 0 bridgehead atoms. The fraction of sp³-hybridized carbons (Fsp3) is 0.923. The van der Waals surface area contributed by atoms with Gasteiger partial charge in [-0.2, -0.15) is 0 Å². The lowest BCUT2D eigenvalue weighted by atomic mass is 9.90. The molecule has 2 N–H and O–H groups in total. The van der Waals surface area contributed by atoms with Crippen molar-refractivity contribution in [3.8, 4) is 0 Å². The molecule has 3 atom stereocenters. The summed E-state index contributed by atoms with van der Waals surface area (Å²) in [5, 5.41) is 13.2. The van der Waals surface area contributed by atoms with Crippen LogP contribution in [0.2, 0.25) is 0 Å². The highest BCUT2D eigenvalue weighted by atomic mass is 16.3. The van der Waals surface area contributed by atoms with Crippen molar-refractivity contribution in [2.75, 3.05) is 26.2 Å². The van der Waals surface area contributed by atoms with Gasteiger partial charge in [0.2, 0.25) is 5.91 Å². The Balaban J connectivity index is 1.90. The number of nitrogens with one attached hydrogen (secondary N) is 1. The third kappa shape index (κ3) is 2.99. The molecular weight excluding hydrogens is 216 g/mol. The van der Waals surface area contributed by atoms with Gasteiger partial charge in [-0.25, -0.2) is 0 Å². The lowest BCUT2D eigenvalue weighted by Crippen LogP contribution is -2.48. The monoisotopic (exact) mass is 240 g/mol. The molecule has 2 fully saturated rings. The Morgan fingerprint density at radius 1 is 1.47 bits per heavy atom. The second-order valence-electron chi connectivity index (χ2n) is 5.38. The van der Waals surface area contributed by atoms with Crippen molar-refractivity contribution in [1.29, 1.82) is 0 Å². The average molecular weight is 240 g/mol. The number of carbonyl (C=O) groups excluding carboxylic acids is 1. The molecular formula is C13H24N2O2. The number of rotatable bonds is 3. The maximum absolute atomic E-state index is 12.3. The molecule has 98 valence electrons. The van der Waals surface area contributed by atoms with Gasteiger partial charge in [0.05, 0.1) is 12.0 Å². The van der Waals surface area contributed by atoms with Gasteiger partial charge in [-0.3, -0.25) is 4.79 Å². The molecule has 0 aliphatic carbocycles. The number of aliphatic hydroxyl groups excluding tert-OH is 1. The van der Waals surface area contributed by atoms with Crippen molar-refractivity contribution in [2.24, 2.45) is 11.8 Å². The van der Waals surface area contributed by atoms with E-state index in [1.54, 1.807) is 0 Å². The van der Waals surface area contributed by atoms with E-state index in [4.69, 9.17) is 0 Å². The smallest absolute Gasteiger partial charge is 0.227 e. The van der Waals surface area contributed by atoms with Gasteiger partial charge in [-0.1, -0.05) is 13.3 Å². The van der Waals surface area contributed by atoms with Crippen molar-refractivity contribution in [3.63, 3.8) is 0 Å². The molecule has 2 saturated heterocycles. The van der Waals surface area contributed by atoms with Crippen LogP contribution in [0.5, 0.6) is 0 Å². The number of carbonyl (C=O) groups is 1. The van der Waals surface area contributed by atoms with Crippen LogP contribution in [0.25, 0.3) is 0 Å². The molecule has 1 amide bonds. The number of aliphatic hydroxyl groups is 1. The predicted molar refractivity (Wildman–Crippen MR) is 66.6 cm³/mol. The third-order valence-corrected chi connectivity index (χ3v) is 4.07. The van der Waals surface area contributed by atoms with E-state index in [0.717, 1.165) is 51.9 Å². The second kappa shape index (κ2) is 5.83. The highest BCUT2D eigenvalue weighted by Gasteiger charge is 2.33. The third-order valence-electron chi connectivity index (χ3n) is 4.07. The summed E-state index contributed by atoms with van der Waals surface area (Å²) in [6.45, 7) is 5.41. The summed E-state index contributed by atoms with van der Waals surface area (Å²) in [6.07, 6.45) is 3.61. The zero-order valence-electron chi connectivity index (χ0n) is 10.7. The standard InChI is InChI=1S/C13H24N2O2/c1-2-3-11-9-15(7-5-12(11)16)13(17)10-4-6-14-8-10/h10-12,14,16H,2-9H2,1H3/t10-,11-,12-/m1/s1. The normalized spacial score (nSPS) is 34.0. The lowest BCUT2D eigenvalue weighted by molar-refractivity contribution is -0.138. The quantitative estimate of drug-likeness (QED) is 0.760. The van der Waals surface area contributed by atoms with Crippen LogP contribution in [0.3, 0.4) is 0 Å². The van der Waals surface area contributed by atoms with E-state index < -0.39 is 0 Å². The Hall–Kier alpha value is -0.610. The molecule has 0 aromatic heterocycles. The number of amides is 1. The van der Waals surface area contributed by atoms with E-state index >= 15 is 0 Å². The molecule has 2 rings (SSSR count). The van der Waals surface area contributed by atoms with E-state index in [-0.39, 0.29) is 17.9 Å². The van der Waals surface area contributed by atoms with Crippen molar-refractivity contribution < 1.29 is 9.90 Å². The average Bonchev–Trinajstić information content (AvgIpc) is 2.85. The molecule has 2 aliphatic rings. The second-order valence-corrected chi connectivity index (χ2v) is 5.38. The summed E-state index contributed by atoms with van der Waals surface area (Å²) in [7, 11) is 0. The molecule has 0 unspecified atom stereocenters. The van der Waals surface area contributed by atoms with Gasteiger partial charge in [0, 0.05) is 25.6 Å². The van der Waals surface area contributed by atoms with Gasteiger partial charge in [0.15, 0.2) is 0 Å². The van der Waals surface area contributed by atoms with Gasteiger partial charge in [0.1, 0.15) is 0 Å². The minimum Gasteiger partial charge on any atom is -0.393 e. The first kappa shape index (κ1) is 12.8. The molecule has 17 heavy (non-hydrogen) atoms. The number of hydrogen-bond donors (Lipinski definition) is 2. The number of hydrogen-bond acceptors (Lipinski definition) is 3. The Morgan fingerprint density at radius 3 is 2.94 bits per heavy atom. The fourth-order valence-electron chi connectivity index (χ4n) is 3.00. The van der Waals surface area contributed by atoms with Gasteiger partial charge in [-0.15, -0.1) is 0 Å². The first-order valence-corrected chi connectivity index (χ1v) is 6.90.